The van der Waals surface area contributed by atoms with Gasteiger partial charge in [0.1, 0.15) is 0 Å². The largest absolute Gasteiger partial charge is 0.148 e. The molecule has 0 nitrogen and oxygen atoms in total. The molecule has 1 aromatic heterocycles. The minimum Gasteiger partial charge on any atom is -0.148 e. The van der Waals surface area contributed by atoms with Crippen LogP contribution in [0, 0.1) is 5.92 Å². The van der Waals surface area contributed by atoms with Crippen LogP contribution in [-0.4, -0.2) is 0 Å². The normalized spacial score (nSPS) is 16.6. The first-order valence-electron chi connectivity index (χ1n) is 4.88. The Bertz CT molecular complexity index is 423. The zero-order valence-electron chi connectivity index (χ0n) is 7.49. The summed E-state index contributed by atoms with van der Waals surface area (Å²) < 4.78 is 0. The highest BCUT2D eigenvalue weighted by molar-refractivity contribution is 7.11. The van der Waals surface area contributed by atoms with Gasteiger partial charge in [-0.3, -0.25) is 0 Å². The zero-order valence-corrected chi connectivity index (χ0v) is 8.31. The lowest BCUT2D eigenvalue weighted by molar-refractivity contribution is 0.851. The monoisotopic (exact) mass is 188 g/mol. The van der Waals surface area contributed by atoms with Crippen LogP contribution in [0.3, 0.4) is 0 Å². The molecule has 1 fully saturated rings. The van der Waals surface area contributed by atoms with Crippen LogP contribution in [0.25, 0.3) is 10.8 Å². The summed E-state index contributed by atoms with van der Waals surface area (Å²) in [6.07, 6.45) is 4.22. The molecule has 1 aliphatic carbocycles. The van der Waals surface area contributed by atoms with E-state index in [1.807, 2.05) is 11.3 Å². The topological polar surface area (TPSA) is 0 Å². The van der Waals surface area contributed by atoms with Gasteiger partial charge in [-0.15, -0.1) is 11.3 Å². The minimum atomic E-state index is 1.00. The highest BCUT2D eigenvalue weighted by Gasteiger charge is 2.22. The SMILES string of the molecule is c1ccc2c(CC3CC3)scc2c1. The summed E-state index contributed by atoms with van der Waals surface area (Å²) in [5, 5.41) is 5.19. The molecule has 1 saturated carbocycles. The number of fused-ring (bicyclic) bond motifs is 1. The van der Waals surface area contributed by atoms with Gasteiger partial charge in [0.05, 0.1) is 0 Å². The van der Waals surface area contributed by atoms with Gasteiger partial charge in [-0.2, -0.15) is 0 Å². The van der Waals surface area contributed by atoms with Crippen LogP contribution in [0.2, 0.25) is 0 Å². The maximum atomic E-state index is 2.28. The van der Waals surface area contributed by atoms with Gasteiger partial charge in [0, 0.05) is 4.88 Å². The molecule has 0 N–H and O–H groups in total. The van der Waals surface area contributed by atoms with E-state index in [-0.39, 0.29) is 0 Å². The van der Waals surface area contributed by atoms with Gasteiger partial charge >= 0.3 is 0 Å². The molecule has 2 aromatic rings. The Morgan fingerprint density at radius 3 is 2.92 bits per heavy atom. The van der Waals surface area contributed by atoms with Crippen molar-refractivity contribution in [3.05, 3.63) is 34.5 Å². The predicted molar refractivity (Wildman–Crippen MR) is 58.3 cm³/mol. The third-order valence-corrected chi connectivity index (χ3v) is 3.80. The van der Waals surface area contributed by atoms with Crippen molar-refractivity contribution in [1.29, 1.82) is 0 Å². The summed E-state index contributed by atoms with van der Waals surface area (Å²) in [5.41, 5.74) is 0. The Labute approximate surface area is 82.2 Å². The Morgan fingerprint density at radius 2 is 2.08 bits per heavy atom. The molecule has 3 rings (SSSR count). The lowest BCUT2D eigenvalue weighted by atomic mass is 10.1. The molecular formula is C12H12S. The highest BCUT2D eigenvalue weighted by atomic mass is 32.1. The third kappa shape index (κ3) is 1.37. The number of hydrogen-bond donors (Lipinski definition) is 0. The smallest absolute Gasteiger partial charge is 0.0127 e. The van der Waals surface area contributed by atoms with Gasteiger partial charge in [-0.05, 0) is 41.3 Å². The highest BCUT2D eigenvalue weighted by Crippen LogP contribution is 2.36. The van der Waals surface area contributed by atoms with Crippen molar-refractivity contribution in [2.24, 2.45) is 5.92 Å². The molecule has 1 aliphatic rings. The fraction of sp³-hybridized carbons (Fsp3) is 0.333. The summed E-state index contributed by atoms with van der Waals surface area (Å²) in [6.45, 7) is 0. The Morgan fingerprint density at radius 1 is 1.23 bits per heavy atom. The van der Waals surface area contributed by atoms with Crippen LogP contribution in [0.4, 0.5) is 0 Å². The van der Waals surface area contributed by atoms with E-state index < -0.39 is 0 Å². The Balaban J connectivity index is 2.06. The molecule has 0 amide bonds. The van der Waals surface area contributed by atoms with Crippen molar-refractivity contribution in [3.63, 3.8) is 0 Å². The number of thiophene rings is 1. The molecule has 13 heavy (non-hydrogen) atoms. The van der Waals surface area contributed by atoms with Crippen molar-refractivity contribution in [3.8, 4) is 0 Å². The molecule has 0 radical (unpaired) electrons. The van der Waals surface area contributed by atoms with Gasteiger partial charge in [0.25, 0.3) is 0 Å². The molecule has 0 unspecified atom stereocenters. The molecule has 0 saturated heterocycles. The minimum absolute atomic E-state index is 1.00. The van der Waals surface area contributed by atoms with Crippen molar-refractivity contribution in [2.75, 3.05) is 0 Å². The molecule has 1 heterocycles. The van der Waals surface area contributed by atoms with Crippen LogP contribution < -0.4 is 0 Å². The molecule has 1 heteroatoms. The van der Waals surface area contributed by atoms with Crippen LogP contribution in [0.15, 0.2) is 29.6 Å². The fourth-order valence-corrected chi connectivity index (χ4v) is 2.91. The van der Waals surface area contributed by atoms with E-state index in [0.29, 0.717) is 0 Å². The lowest BCUT2D eigenvalue weighted by Crippen LogP contribution is -1.81. The lowest BCUT2D eigenvalue weighted by Gasteiger charge is -1.95. The molecule has 66 valence electrons. The van der Waals surface area contributed by atoms with Gasteiger partial charge < -0.3 is 0 Å². The maximum absolute atomic E-state index is 2.28. The van der Waals surface area contributed by atoms with Gasteiger partial charge in [0.2, 0.25) is 0 Å². The zero-order chi connectivity index (χ0) is 8.67. The van der Waals surface area contributed by atoms with Crippen molar-refractivity contribution in [1.82, 2.24) is 0 Å². The summed E-state index contributed by atoms with van der Waals surface area (Å²) >= 11 is 1.93. The van der Waals surface area contributed by atoms with Crippen molar-refractivity contribution >= 4 is 22.1 Å². The summed E-state index contributed by atoms with van der Waals surface area (Å²) in [5.74, 6) is 1.00. The molecule has 0 aliphatic heterocycles. The number of rotatable bonds is 2. The van der Waals surface area contributed by atoms with E-state index >= 15 is 0 Å². The van der Waals surface area contributed by atoms with E-state index in [1.54, 1.807) is 4.88 Å². The van der Waals surface area contributed by atoms with E-state index in [9.17, 15) is 0 Å². The third-order valence-electron chi connectivity index (χ3n) is 2.76. The predicted octanol–water partition coefficient (Wildman–Crippen LogP) is 3.85. The average Bonchev–Trinajstić information content (AvgIpc) is 2.88. The van der Waals surface area contributed by atoms with E-state index in [2.05, 4.69) is 29.6 Å². The van der Waals surface area contributed by atoms with Crippen LogP contribution in [-0.2, 0) is 6.42 Å². The number of benzene rings is 1. The number of hydrogen-bond acceptors (Lipinski definition) is 1. The van der Waals surface area contributed by atoms with Crippen LogP contribution in [0.1, 0.15) is 17.7 Å². The van der Waals surface area contributed by atoms with Crippen LogP contribution in [0.5, 0.6) is 0 Å². The van der Waals surface area contributed by atoms with E-state index in [0.717, 1.165) is 5.92 Å². The van der Waals surface area contributed by atoms with Crippen molar-refractivity contribution < 1.29 is 0 Å². The standard InChI is InChI=1S/C12H12S/c1-2-4-11-10(3-1)8-13-12(11)7-9-5-6-9/h1-4,8-9H,5-7H2. The van der Waals surface area contributed by atoms with E-state index in [4.69, 9.17) is 0 Å². The molecule has 0 atom stereocenters. The van der Waals surface area contributed by atoms with E-state index in [1.165, 1.54) is 30.0 Å². The van der Waals surface area contributed by atoms with Gasteiger partial charge in [-0.1, -0.05) is 24.3 Å². The summed E-state index contributed by atoms with van der Waals surface area (Å²) in [4.78, 5) is 1.60. The average molecular weight is 188 g/mol. The molecule has 0 bridgehead atoms. The quantitative estimate of drug-likeness (QED) is 0.671. The Kier molecular flexibility index (Phi) is 1.66. The van der Waals surface area contributed by atoms with Crippen molar-refractivity contribution in [2.45, 2.75) is 19.3 Å². The van der Waals surface area contributed by atoms with Crippen LogP contribution >= 0.6 is 11.3 Å². The first-order valence-corrected chi connectivity index (χ1v) is 5.76. The molecular weight excluding hydrogens is 176 g/mol. The second-order valence-electron chi connectivity index (χ2n) is 3.89. The first kappa shape index (κ1) is 7.57. The second-order valence-corrected chi connectivity index (χ2v) is 4.86. The summed E-state index contributed by atoms with van der Waals surface area (Å²) in [6, 6.07) is 8.73. The fourth-order valence-electron chi connectivity index (χ4n) is 1.79. The van der Waals surface area contributed by atoms with Gasteiger partial charge in [0.15, 0.2) is 0 Å². The second kappa shape index (κ2) is 2.85. The first-order chi connectivity index (χ1) is 6.43. The van der Waals surface area contributed by atoms with Gasteiger partial charge in [-0.25, -0.2) is 0 Å². The molecule has 1 aromatic carbocycles. The molecule has 0 spiro atoms. The Hall–Kier alpha value is -0.820. The summed E-state index contributed by atoms with van der Waals surface area (Å²) in [7, 11) is 0. The maximum Gasteiger partial charge on any atom is 0.0127 e.